The first-order valence-corrected chi connectivity index (χ1v) is 8.81. The van der Waals surface area contributed by atoms with E-state index in [1.807, 2.05) is 35.2 Å². The van der Waals surface area contributed by atoms with Crippen molar-refractivity contribution in [1.82, 2.24) is 9.80 Å². The number of nitrogens with zero attached hydrogens (tertiary/aromatic N) is 2. The van der Waals surface area contributed by atoms with Gasteiger partial charge in [0.25, 0.3) is 5.91 Å². The number of carbonyl (C=O) groups excluding carboxylic acids is 1. The zero-order valence-corrected chi connectivity index (χ0v) is 14.6. The molecule has 0 unspecified atom stereocenters. The Morgan fingerprint density at radius 1 is 1.08 bits per heavy atom. The normalized spacial score (nSPS) is 17.0. The van der Waals surface area contributed by atoms with Crippen LogP contribution in [0.2, 0.25) is 0 Å². The van der Waals surface area contributed by atoms with E-state index in [0.717, 1.165) is 43.7 Å². The summed E-state index contributed by atoms with van der Waals surface area (Å²) >= 11 is 0. The van der Waals surface area contributed by atoms with Crippen LogP contribution in [0.25, 0.3) is 10.8 Å². The summed E-state index contributed by atoms with van der Waals surface area (Å²) in [5.41, 5.74) is 0. The number of ether oxygens (including phenoxy) is 1. The number of carbonyl (C=O) groups is 1. The van der Waals surface area contributed by atoms with Crippen molar-refractivity contribution in [2.75, 3.05) is 32.8 Å². The second-order valence-corrected chi connectivity index (χ2v) is 6.47. The van der Waals surface area contributed by atoms with Crippen LogP contribution in [0.5, 0.6) is 5.75 Å². The van der Waals surface area contributed by atoms with E-state index in [1.165, 1.54) is 5.39 Å². The lowest BCUT2D eigenvalue weighted by molar-refractivity contribution is -0.135. The fourth-order valence-electron chi connectivity index (χ4n) is 3.16. The van der Waals surface area contributed by atoms with Gasteiger partial charge in [-0.2, -0.15) is 0 Å². The Balaban J connectivity index is 1.52. The minimum atomic E-state index is 0.0759. The van der Waals surface area contributed by atoms with Gasteiger partial charge in [0.05, 0.1) is 0 Å². The van der Waals surface area contributed by atoms with Crippen molar-refractivity contribution < 1.29 is 9.53 Å². The summed E-state index contributed by atoms with van der Waals surface area (Å²) in [6.07, 6.45) is 1.15. The monoisotopic (exact) mass is 326 g/mol. The van der Waals surface area contributed by atoms with Crippen molar-refractivity contribution in [3.63, 3.8) is 0 Å². The molecule has 0 bridgehead atoms. The highest BCUT2D eigenvalue weighted by Gasteiger charge is 2.23. The van der Waals surface area contributed by atoms with Gasteiger partial charge in [-0.15, -0.1) is 0 Å². The van der Waals surface area contributed by atoms with Crippen LogP contribution in [-0.4, -0.2) is 54.5 Å². The second kappa shape index (κ2) is 7.67. The van der Waals surface area contributed by atoms with E-state index in [2.05, 4.69) is 30.9 Å². The zero-order valence-electron chi connectivity index (χ0n) is 14.6. The van der Waals surface area contributed by atoms with Crippen LogP contribution in [0.15, 0.2) is 42.5 Å². The maximum atomic E-state index is 12.4. The van der Waals surface area contributed by atoms with Gasteiger partial charge in [-0.05, 0) is 36.2 Å². The predicted octanol–water partition coefficient (Wildman–Crippen LogP) is 3.16. The molecule has 0 saturated carbocycles. The zero-order chi connectivity index (χ0) is 16.9. The van der Waals surface area contributed by atoms with E-state index < -0.39 is 0 Å². The molecular formula is C20H26N2O2. The largest absolute Gasteiger partial charge is 0.484 e. The van der Waals surface area contributed by atoms with E-state index in [9.17, 15) is 4.79 Å². The fourth-order valence-corrected chi connectivity index (χ4v) is 3.16. The van der Waals surface area contributed by atoms with Crippen molar-refractivity contribution in [2.45, 2.75) is 26.3 Å². The molecule has 1 saturated heterocycles. The summed E-state index contributed by atoms with van der Waals surface area (Å²) in [5.74, 6) is 0.826. The SMILES string of the molecule is CC[C@H](C)N1CCN(C(=O)COc2ccc3ccccc3c2)CC1. The Bertz CT molecular complexity index is 693. The quantitative estimate of drug-likeness (QED) is 0.846. The average Bonchev–Trinajstić information content (AvgIpc) is 2.65. The van der Waals surface area contributed by atoms with Gasteiger partial charge >= 0.3 is 0 Å². The average molecular weight is 326 g/mol. The Labute approximate surface area is 144 Å². The number of amides is 1. The summed E-state index contributed by atoms with van der Waals surface area (Å²) in [4.78, 5) is 16.7. The van der Waals surface area contributed by atoms with Crippen LogP contribution in [0.1, 0.15) is 20.3 Å². The van der Waals surface area contributed by atoms with Crippen molar-refractivity contribution in [2.24, 2.45) is 0 Å². The molecule has 0 aliphatic carbocycles. The Kier molecular flexibility index (Phi) is 5.36. The maximum absolute atomic E-state index is 12.4. The van der Waals surface area contributed by atoms with Crippen LogP contribution < -0.4 is 4.74 Å². The highest BCUT2D eigenvalue weighted by molar-refractivity contribution is 5.84. The van der Waals surface area contributed by atoms with Crippen LogP contribution in [0.3, 0.4) is 0 Å². The van der Waals surface area contributed by atoms with Gasteiger partial charge in [0.15, 0.2) is 6.61 Å². The Hall–Kier alpha value is -2.07. The molecule has 1 aliphatic rings. The molecule has 24 heavy (non-hydrogen) atoms. The Morgan fingerprint density at radius 2 is 1.79 bits per heavy atom. The lowest BCUT2D eigenvalue weighted by Gasteiger charge is -2.37. The predicted molar refractivity (Wildman–Crippen MR) is 97.3 cm³/mol. The van der Waals surface area contributed by atoms with Gasteiger partial charge in [0.2, 0.25) is 0 Å². The van der Waals surface area contributed by atoms with E-state index in [-0.39, 0.29) is 12.5 Å². The third-order valence-corrected chi connectivity index (χ3v) is 4.96. The summed E-state index contributed by atoms with van der Waals surface area (Å²) in [7, 11) is 0. The first kappa shape index (κ1) is 16.8. The van der Waals surface area contributed by atoms with Gasteiger partial charge in [-0.3, -0.25) is 9.69 Å². The topological polar surface area (TPSA) is 32.8 Å². The molecule has 4 nitrogen and oxygen atoms in total. The van der Waals surface area contributed by atoms with Crippen molar-refractivity contribution in [3.05, 3.63) is 42.5 Å². The lowest BCUT2D eigenvalue weighted by Crippen LogP contribution is -2.52. The molecule has 1 fully saturated rings. The third kappa shape index (κ3) is 3.88. The van der Waals surface area contributed by atoms with Crippen molar-refractivity contribution in [3.8, 4) is 5.75 Å². The molecule has 0 radical (unpaired) electrons. The van der Waals surface area contributed by atoms with Crippen molar-refractivity contribution in [1.29, 1.82) is 0 Å². The molecule has 1 amide bonds. The summed E-state index contributed by atoms with van der Waals surface area (Å²) < 4.78 is 5.72. The molecule has 0 N–H and O–H groups in total. The van der Waals surface area contributed by atoms with Crippen molar-refractivity contribution >= 4 is 16.7 Å². The first-order valence-electron chi connectivity index (χ1n) is 8.81. The Morgan fingerprint density at radius 3 is 2.50 bits per heavy atom. The van der Waals surface area contributed by atoms with Gasteiger partial charge in [-0.25, -0.2) is 0 Å². The standard InChI is InChI=1S/C20H26N2O2/c1-3-16(2)21-10-12-22(13-11-21)20(23)15-24-19-9-8-17-6-4-5-7-18(17)14-19/h4-9,14,16H,3,10-13,15H2,1-2H3/t16-/m0/s1. The minimum Gasteiger partial charge on any atom is -0.484 e. The molecule has 1 atom stereocenters. The van der Waals surface area contributed by atoms with Gasteiger partial charge < -0.3 is 9.64 Å². The maximum Gasteiger partial charge on any atom is 0.260 e. The molecule has 3 rings (SSSR count). The number of piperazine rings is 1. The highest BCUT2D eigenvalue weighted by Crippen LogP contribution is 2.20. The number of hydrogen-bond donors (Lipinski definition) is 0. The smallest absolute Gasteiger partial charge is 0.260 e. The molecule has 0 spiro atoms. The van der Waals surface area contributed by atoms with Gasteiger partial charge in [-0.1, -0.05) is 37.3 Å². The molecule has 1 heterocycles. The number of rotatable bonds is 5. The number of hydrogen-bond acceptors (Lipinski definition) is 3. The summed E-state index contributed by atoms with van der Waals surface area (Å²) in [6, 6.07) is 14.7. The number of benzene rings is 2. The molecule has 4 heteroatoms. The minimum absolute atomic E-state index is 0.0759. The highest BCUT2D eigenvalue weighted by atomic mass is 16.5. The van der Waals surface area contributed by atoms with Crippen LogP contribution in [0.4, 0.5) is 0 Å². The lowest BCUT2D eigenvalue weighted by atomic mass is 10.1. The summed E-state index contributed by atoms with van der Waals surface area (Å²) in [6.45, 7) is 8.07. The molecule has 128 valence electrons. The summed E-state index contributed by atoms with van der Waals surface area (Å²) in [5, 5.41) is 2.31. The molecular weight excluding hydrogens is 300 g/mol. The first-order chi connectivity index (χ1) is 11.7. The van der Waals surface area contributed by atoms with E-state index in [0.29, 0.717) is 6.04 Å². The van der Waals surface area contributed by atoms with E-state index in [1.54, 1.807) is 0 Å². The van der Waals surface area contributed by atoms with E-state index in [4.69, 9.17) is 4.74 Å². The van der Waals surface area contributed by atoms with Crippen LogP contribution in [0, 0.1) is 0 Å². The molecule has 1 aliphatic heterocycles. The molecule has 2 aromatic carbocycles. The second-order valence-electron chi connectivity index (χ2n) is 6.47. The van der Waals surface area contributed by atoms with Gasteiger partial charge in [0.1, 0.15) is 5.75 Å². The number of fused-ring (bicyclic) bond motifs is 1. The van der Waals surface area contributed by atoms with E-state index >= 15 is 0 Å². The van der Waals surface area contributed by atoms with Crippen LogP contribution in [-0.2, 0) is 4.79 Å². The fraction of sp³-hybridized carbons (Fsp3) is 0.450. The molecule has 0 aromatic heterocycles. The van der Waals surface area contributed by atoms with Gasteiger partial charge in [0, 0.05) is 32.2 Å². The molecule has 2 aromatic rings. The third-order valence-electron chi connectivity index (χ3n) is 4.96. The van der Waals surface area contributed by atoms with Crippen LogP contribution >= 0.6 is 0 Å².